The van der Waals surface area contributed by atoms with Gasteiger partial charge in [-0.3, -0.25) is 0 Å². The Bertz CT molecular complexity index is 552. The second-order valence-electron chi connectivity index (χ2n) is 5.69. The minimum Gasteiger partial charge on any atom is -0.341 e. The molecule has 0 atom stereocenters. The van der Waals surface area contributed by atoms with Gasteiger partial charge in [-0.1, -0.05) is 32.0 Å². The van der Waals surface area contributed by atoms with E-state index in [0.29, 0.717) is 18.6 Å². The van der Waals surface area contributed by atoms with Crippen molar-refractivity contribution in [3.63, 3.8) is 0 Å². The number of rotatable bonds is 5. The fourth-order valence-corrected chi connectivity index (χ4v) is 2.61. The van der Waals surface area contributed by atoms with Crippen molar-refractivity contribution in [1.29, 1.82) is 0 Å². The Morgan fingerprint density at radius 3 is 2.53 bits per heavy atom. The van der Waals surface area contributed by atoms with Crippen molar-refractivity contribution in [1.82, 2.24) is 9.88 Å². The Morgan fingerprint density at radius 2 is 1.95 bits per heavy atom. The Hall–Kier alpha value is -1.32. The number of aromatic nitrogens is 1. The largest absolute Gasteiger partial charge is 0.341 e. The van der Waals surface area contributed by atoms with Crippen LogP contribution < -0.4 is 11.1 Å². The molecule has 0 fully saturated rings. The van der Waals surface area contributed by atoms with Crippen LogP contribution in [0.2, 0.25) is 0 Å². The van der Waals surface area contributed by atoms with Gasteiger partial charge in [0.2, 0.25) is 0 Å². The summed E-state index contributed by atoms with van der Waals surface area (Å²) in [5.41, 5.74) is 9.74. The molecule has 3 nitrogen and oxygen atoms in total. The molecular formula is C16H25N3. The molecule has 19 heavy (non-hydrogen) atoms. The molecule has 0 aliphatic rings. The third-order valence-corrected chi connectivity index (χ3v) is 3.45. The number of nitrogens with one attached hydrogen (secondary N) is 1. The van der Waals surface area contributed by atoms with Crippen molar-refractivity contribution in [2.45, 2.75) is 52.9 Å². The average molecular weight is 259 g/mol. The highest BCUT2D eigenvalue weighted by molar-refractivity contribution is 5.84. The van der Waals surface area contributed by atoms with E-state index in [0.717, 1.165) is 6.54 Å². The van der Waals surface area contributed by atoms with Gasteiger partial charge in [0, 0.05) is 36.3 Å². The molecule has 0 amide bonds. The van der Waals surface area contributed by atoms with Crippen LogP contribution in [0.4, 0.5) is 0 Å². The van der Waals surface area contributed by atoms with E-state index >= 15 is 0 Å². The van der Waals surface area contributed by atoms with Gasteiger partial charge in [-0.2, -0.15) is 0 Å². The molecule has 0 unspecified atom stereocenters. The molecule has 1 heterocycles. The molecular weight excluding hydrogens is 234 g/mol. The third kappa shape index (κ3) is 2.82. The van der Waals surface area contributed by atoms with E-state index in [1.165, 1.54) is 22.2 Å². The maximum atomic E-state index is 5.89. The molecule has 0 saturated carbocycles. The molecule has 0 saturated heterocycles. The molecule has 1 aromatic carbocycles. The molecule has 2 rings (SSSR count). The van der Waals surface area contributed by atoms with Gasteiger partial charge in [0.25, 0.3) is 0 Å². The molecule has 0 radical (unpaired) electrons. The third-order valence-electron chi connectivity index (χ3n) is 3.45. The zero-order chi connectivity index (χ0) is 14.0. The van der Waals surface area contributed by atoms with E-state index in [-0.39, 0.29) is 0 Å². The Labute approximate surface area is 115 Å². The molecule has 1 aromatic heterocycles. The average Bonchev–Trinajstić information content (AvgIpc) is 2.74. The fourth-order valence-electron chi connectivity index (χ4n) is 2.61. The molecule has 0 bridgehead atoms. The summed E-state index contributed by atoms with van der Waals surface area (Å²) >= 11 is 0. The summed E-state index contributed by atoms with van der Waals surface area (Å²) in [6.07, 6.45) is 0. The van der Waals surface area contributed by atoms with Crippen LogP contribution >= 0.6 is 0 Å². The highest BCUT2D eigenvalue weighted by atomic mass is 15.0. The van der Waals surface area contributed by atoms with E-state index in [1.54, 1.807) is 0 Å². The van der Waals surface area contributed by atoms with Crippen molar-refractivity contribution in [2.24, 2.45) is 5.73 Å². The first-order valence-electron chi connectivity index (χ1n) is 7.09. The summed E-state index contributed by atoms with van der Waals surface area (Å²) in [5.74, 6) is 0. The van der Waals surface area contributed by atoms with Crippen LogP contribution in [0.3, 0.4) is 0 Å². The monoisotopic (exact) mass is 259 g/mol. The number of nitrogens with zero attached hydrogens (tertiary/aromatic N) is 1. The van der Waals surface area contributed by atoms with Crippen LogP contribution in [0.15, 0.2) is 24.3 Å². The predicted octanol–water partition coefficient (Wildman–Crippen LogP) is 3.18. The Balaban J connectivity index is 2.54. The van der Waals surface area contributed by atoms with Gasteiger partial charge in [0.15, 0.2) is 0 Å². The fraction of sp³-hybridized carbons (Fsp3) is 0.500. The van der Waals surface area contributed by atoms with E-state index in [1.807, 2.05) is 0 Å². The molecule has 104 valence electrons. The maximum Gasteiger partial charge on any atom is 0.0530 e. The lowest BCUT2D eigenvalue weighted by Crippen LogP contribution is -2.24. The summed E-state index contributed by atoms with van der Waals surface area (Å²) in [6, 6.07) is 9.60. The number of benzene rings is 1. The van der Waals surface area contributed by atoms with Crippen molar-refractivity contribution < 1.29 is 0 Å². The van der Waals surface area contributed by atoms with Gasteiger partial charge >= 0.3 is 0 Å². The first-order valence-corrected chi connectivity index (χ1v) is 7.09. The first kappa shape index (κ1) is 14.1. The van der Waals surface area contributed by atoms with Crippen molar-refractivity contribution in [3.8, 4) is 0 Å². The summed E-state index contributed by atoms with van der Waals surface area (Å²) in [7, 11) is 0. The number of nitrogens with two attached hydrogens (primary N) is 1. The van der Waals surface area contributed by atoms with Crippen molar-refractivity contribution >= 4 is 10.9 Å². The smallest absolute Gasteiger partial charge is 0.0530 e. The summed E-state index contributed by atoms with van der Waals surface area (Å²) in [4.78, 5) is 0. The lowest BCUT2D eigenvalue weighted by molar-refractivity contribution is 0.534. The van der Waals surface area contributed by atoms with Crippen LogP contribution in [-0.4, -0.2) is 10.6 Å². The molecule has 0 spiro atoms. The van der Waals surface area contributed by atoms with Crippen LogP contribution in [0.5, 0.6) is 0 Å². The summed E-state index contributed by atoms with van der Waals surface area (Å²) in [5, 5.41) is 4.79. The van der Waals surface area contributed by atoms with E-state index in [4.69, 9.17) is 5.73 Å². The normalized spacial score (nSPS) is 11.9. The van der Waals surface area contributed by atoms with Gasteiger partial charge in [0.1, 0.15) is 0 Å². The van der Waals surface area contributed by atoms with Gasteiger partial charge < -0.3 is 15.6 Å². The molecule has 3 N–H and O–H groups in total. The Kier molecular flexibility index (Phi) is 4.27. The number of fused-ring (bicyclic) bond motifs is 1. The quantitative estimate of drug-likeness (QED) is 0.866. The van der Waals surface area contributed by atoms with Crippen LogP contribution in [0, 0.1) is 0 Å². The van der Waals surface area contributed by atoms with E-state index in [2.05, 4.69) is 61.8 Å². The number of para-hydroxylation sites is 1. The van der Waals surface area contributed by atoms with Crippen molar-refractivity contribution in [3.05, 3.63) is 35.5 Å². The predicted molar refractivity (Wildman–Crippen MR) is 82.2 cm³/mol. The zero-order valence-electron chi connectivity index (χ0n) is 12.4. The topological polar surface area (TPSA) is 43.0 Å². The Morgan fingerprint density at radius 1 is 1.21 bits per heavy atom. The van der Waals surface area contributed by atoms with Crippen molar-refractivity contribution in [2.75, 3.05) is 0 Å². The lowest BCUT2D eigenvalue weighted by Gasteiger charge is -2.17. The van der Waals surface area contributed by atoms with Gasteiger partial charge in [-0.15, -0.1) is 0 Å². The zero-order valence-corrected chi connectivity index (χ0v) is 12.4. The minimum atomic E-state index is 0.439. The summed E-state index contributed by atoms with van der Waals surface area (Å²) < 4.78 is 2.41. The van der Waals surface area contributed by atoms with Gasteiger partial charge in [-0.05, 0) is 25.5 Å². The molecule has 2 aromatic rings. The van der Waals surface area contributed by atoms with Gasteiger partial charge in [0.05, 0.1) is 5.52 Å². The molecule has 3 heteroatoms. The van der Waals surface area contributed by atoms with E-state index in [9.17, 15) is 0 Å². The van der Waals surface area contributed by atoms with Crippen LogP contribution in [0.25, 0.3) is 10.9 Å². The highest BCUT2D eigenvalue weighted by Gasteiger charge is 2.13. The van der Waals surface area contributed by atoms with Crippen LogP contribution in [0.1, 0.15) is 45.0 Å². The minimum absolute atomic E-state index is 0.439. The second-order valence-corrected chi connectivity index (χ2v) is 5.69. The number of hydrogen-bond acceptors (Lipinski definition) is 2. The molecule has 0 aliphatic heterocycles. The van der Waals surface area contributed by atoms with E-state index < -0.39 is 0 Å². The lowest BCUT2D eigenvalue weighted by atomic mass is 10.1. The SMILES string of the molecule is CC(C)NCc1cc2cccc(CN)c2n1C(C)C. The maximum absolute atomic E-state index is 5.89. The highest BCUT2D eigenvalue weighted by Crippen LogP contribution is 2.27. The molecule has 0 aliphatic carbocycles. The number of hydrogen-bond donors (Lipinski definition) is 2. The van der Waals surface area contributed by atoms with Gasteiger partial charge in [-0.25, -0.2) is 0 Å². The summed E-state index contributed by atoms with van der Waals surface area (Å²) in [6.45, 7) is 10.3. The second kappa shape index (κ2) is 5.76. The first-order chi connectivity index (χ1) is 9.04. The van der Waals surface area contributed by atoms with Crippen LogP contribution in [-0.2, 0) is 13.1 Å². The standard InChI is InChI=1S/C16H25N3/c1-11(2)18-10-15-8-13-6-5-7-14(9-17)16(13)19(15)12(3)4/h5-8,11-12,18H,9-10,17H2,1-4H3.